The number of nitrogens with two attached hydrogens (primary N) is 1. The van der Waals surface area contributed by atoms with Gasteiger partial charge in [0.25, 0.3) is 0 Å². The molecular formula is C15H14N2O2. The van der Waals surface area contributed by atoms with Crippen LogP contribution in [0.25, 0.3) is 16.5 Å². The number of hydrogen-bond acceptors (Lipinski definition) is 4. The molecule has 3 rings (SSSR count). The van der Waals surface area contributed by atoms with Crippen molar-refractivity contribution in [2.24, 2.45) is 0 Å². The number of nitrogens with zero attached hydrogens (tertiary/aromatic N) is 1. The van der Waals surface area contributed by atoms with Crippen molar-refractivity contribution in [2.75, 3.05) is 12.3 Å². The fourth-order valence-electron chi connectivity index (χ4n) is 2.45. The summed E-state index contributed by atoms with van der Waals surface area (Å²) in [6.45, 7) is 8.21. The van der Waals surface area contributed by atoms with Gasteiger partial charge in [-0.2, -0.15) is 0 Å². The molecule has 0 aliphatic carbocycles. The Morgan fingerprint density at radius 3 is 3.00 bits per heavy atom. The molecule has 0 atom stereocenters. The summed E-state index contributed by atoms with van der Waals surface area (Å²) in [5.74, 6) is 1.15. The molecule has 96 valence electrons. The number of ether oxygens (including phenoxy) is 1. The van der Waals surface area contributed by atoms with Crippen LogP contribution in [0.4, 0.5) is 5.82 Å². The van der Waals surface area contributed by atoms with Crippen molar-refractivity contribution >= 4 is 22.4 Å². The highest BCUT2D eigenvalue weighted by Crippen LogP contribution is 2.41. The number of rotatable bonds is 3. The van der Waals surface area contributed by atoms with Crippen LogP contribution in [0.15, 0.2) is 42.0 Å². The van der Waals surface area contributed by atoms with Crippen molar-refractivity contribution in [2.45, 2.75) is 6.42 Å². The van der Waals surface area contributed by atoms with Crippen LogP contribution in [0, 0.1) is 0 Å². The minimum Gasteiger partial charge on any atom is -0.492 e. The third kappa shape index (κ3) is 1.64. The minimum atomic E-state index is 0.368. The highest BCUT2D eigenvalue weighted by atomic mass is 16.5. The number of fused-ring (bicyclic) bond motifs is 3. The third-order valence-corrected chi connectivity index (χ3v) is 3.27. The molecule has 0 fully saturated rings. The maximum atomic E-state index is 5.83. The summed E-state index contributed by atoms with van der Waals surface area (Å²) in [6, 6.07) is 1.93. The molecule has 1 aromatic carbocycles. The number of hydrogen-bond donors (Lipinski definition) is 1. The Kier molecular flexibility index (Phi) is 2.63. The number of anilines is 1. The number of aromatic nitrogens is 1. The van der Waals surface area contributed by atoms with Crippen molar-refractivity contribution in [3.05, 3.63) is 48.6 Å². The van der Waals surface area contributed by atoms with Crippen LogP contribution in [0.5, 0.6) is 5.75 Å². The first-order chi connectivity index (χ1) is 9.26. The van der Waals surface area contributed by atoms with Crippen molar-refractivity contribution < 1.29 is 9.26 Å². The number of nitrogen functional groups attached to an aromatic ring is 1. The van der Waals surface area contributed by atoms with E-state index in [2.05, 4.69) is 18.3 Å². The summed E-state index contributed by atoms with van der Waals surface area (Å²) in [7, 11) is 0. The zero-order valence-corrected chi connectivity index (χ0v) is 10.5. The molecule has 2 heterocycles. The molecule has 0 saturated carbocycles. The molecule has 0 unspecified atom stereocenters. The van der Waals surface area contributed by atoms with E-state index in [0.717, 1.165) is 34.3 Å². The van der Waals surface area contributed by atoms with Crippen molar-refractivity contribution in [3.63, 3.8) is 0 Å². The molecule has 1 aromatic heterocycles. The molecule has 2 N–H and O–H groups in total. The highest BCUT2D eigenvalue weighted by Gasteiger charge is 2.24. The van der Waals surface area contributed by atoms with Gasteiger partial charge in [0.05, 0.1) is 6.61 Å². The first-order valence-electron chi connectivity index (χ1n) is 6.05. The predicted molar refractivity (Wildman–Crippen MR) is 76.0 cm³/mol. The molecule has 0 radical (unpaired) electrons. The van der Waals surface area contributed by atoms with E-state index >= 15 is 0 Å². The van der Waals surface area contributed by atoms with E-state index in [-0.39, 0.29) is 0 Å². The Hall–Kier alpha value is -2.49. The summed E-state index contributed by atoms with van der Waals surface area (Å²) < 4.78 is 10.9. The lowest BCUT2D eigenvalue weighted by Crippen LogP contribution is -1.91. The molecule has 1 aliphatic rings. The molecule has 2 aromatic rings. The van der Waals surface area contributed by atoms with Gasteiger partial charge in [0.1, 0.15) is 11.1 Å². The quantitative estimate of drug-likeness (QED) is 0.855. The summed E-state index contributed by atoms with van der Waals surface area (Å²) in [5.41, 5.74) is 9.59. The smallest absolute Gasteiger partial charge is 0.178 e. The molecular weight excluding hydrogens is 240 g/mol. The van der Waals surface area contributed by atoms with Gasteiger partial charge in [0, 0.05) is 12.0 Å². The van der Waals surface area contributed by atoms with Crippen molar-refractivity contribution in [3.8, 4) is 5.75 Å². The van der Waals surface area contributed by atoms with Gasteiger partial charge in [-0.05, 0) is 17.2 Å². The van der Waals surface area contributed by atoms with Crippen LogP contribution in [-0.4, -0.2) is 11.8 Å². The predicted octanol–water partition coefficient (Wildman–Crippen LogP) is 3.10. The van der Waals surface area contributed by atoms with Crippen LogP contribution in [0.2, 0.25) is 0 Å². The first kappa shape index (κ1) is 11.6. The zero-order chi connectivity index (χ0) is 13.4. The van der Waals surface area contributed by atoms with Crippen molar-refractivity contribution in [1.29, 1.82) is 0 Å². The molecule has 19 heavy (non-hydrogen) atoms. The maximum Gasteiger partial charge on any atom is 0.178 e. The Labute approximate surface area is 110 Å². The molecule has 4 heteroatoms. The van der Waals surface area contributed by atoms with E-state index in [1.807, 2.05) is 12.1 Å². The Bertz CT molecular complexity index is 710. The van der Waals surface area contributed by atoms with Gasteiger partial charge in [-0.3, -0.25) is 0 Å². The summed E-state index contributed by atoms with van der Waals surface area (Å²) in [5, 5.41) is 4.57. The fourth-order valence-corrected chi connectivity index (χ4v) is 2.45. The second-order valence-electron chi connectivity index (χ2n) is 4.33. The van der Waals surface area contributed by atoms with Gasteiger partial charge < -0.3 is 15.0 Å². The molecule has 0 spiro atoms. The van der Waals surface area contributed by atoms with Crippen molar-refractivity contribution in [1.82, 2.24) is 5.16 Å². The van der Waals surface area contributed by atoms with Crippen LogP contribution >= 0.6 is 0 Å². The van der Waals surface area contributed by atoms with Crippen LogP contribution in [0.3, 0.4) is 0 Å². The first-order valence-corrected chi connectivity index (χ1v) is 6.05. The summed E-state index contributed by atoms with van der Waals surface area (Å²) >= 11 is 0. The van der Waals surface area contributed by atoms with Gasteiger partial charge >= 0.3 is 0 Å². The molecule has 0 saturated heterocycles. The van der Waals surface area contributed by atoms with Gasteiger partial charge in [-0.15, -0.1) is 0 Å². The normalized spacial score (nSPS) is 14.2. The maximum absolute atomic E-state index is 5.83. The van der Waals surface area contributed by atoms with Crippen LogP contribution < -0.4 is 10.5 Å². The molecule has 1 aliphatic heterocycles. The van der Waals surface area contributed by atoms with E-state index in [0.29, 0.717) is 18.0 Å². The minimum absolute atomic E-state index is 0.368. The standard InChI is InChI=1S/C15H14N2O2/c1-3-5-9(4-2)11-8-12-13(15(16)17-19-12)14-10(11)6-7-18-14/h3-5,8H,1-2,6-7H2,(H2,16,17)/b9-5+. The summed E-state index contributed by atoms with van der Waals surface area (Å²) in [4.78, 5) is 0. The topological polar surface area (TPSA) is 61.3 Å². The lowest BCUT2D eigenvalue weighted by atomic mass is 9.95. The Morgan fingerprint density at radius 2 is 2.26 bits per heavy atom. The molecule has 0 bridgehead atoms. The van der Waals surface area contributed by atoms with Gasteiger partial charge in [0.15, 0.2) is 11.4 Å². The highest BCUT2D eigenvalue weighted by molar-refractivity contribution is 5.98. The Balaban J connectivity index is 2.35. The fraction of sp³-hybridized carbons (Fsp3) is 0.133. The van der Waals surface area contributed by atoms with Crippen LogP contribution in [0.1, 0.15) is 11.1 Å². The number of benzene rings is 1. The van der Waals surface area contributed by atoms with Gasteiger partial charge in [-0.25, -0.2) is 0 Å². The van der Waals surface area contributed by atoms with E-state index in [9.17, 15) is 0 Å². The second kappa shape index (κ2) is 4.31. The third-order valence-electron chi connectivity index (χ3n) is 3.27. The van der Waals surface area contributed by atoms with Crippen LogP contribution in [-0.2, 0) is 6.42 Å². The molecule has 0 amide bonds. The van der Waals surface area contributed by atoms with E-state index in [4.69, 9.17) is 15.0 Å². The number of allylic oxidation sites excluding steroid dienone is 4. The average Bonchev–Trinajstić information content (AvgIpc) is 3.02. The zero-order valence-electron chi connectivity index (χ0n) is 10.5. The second-order valence-corrected chi connectivity index (χ2v) is 4.33. The van der Waals surface area contributed by atoms with E-state index < -0.39 is 0 Å². The lowest BCUT2D eigenvalue weighted by molar-refractivity contribution is 0.360. The summed E-state index contributed by atoms with van der Waals surface area (Å²) in [6.07, 6.45) is 6.28. The molecule has 4 nitrogen and oxygen atoms in total. The monoisotopic (exact) mass is 254 g/mol. The SMILES string of the molecule is C=C/C=C(\C=C)c1cc2onc(N)c2c2c1CCO2. The van der Waals surface area contributed by atoms with Gasteiger partial charge in [-0.1, -0.05) is 36.5 Å². The van der Waals surface area contributed by atoms with E-state index in [1.54, 1.807) is 12.2 Å². The van der Waals surface area contributed by atoms with E-state index in [1.165, 1.54) is 0 Å². The largest absolute Gasteiger partial charge is 0.492 e. The average molecular weight is 254 g/mol. The Morgan fingerprint density at radius 1 is 1.42 bits per heavy atom. The lowest BCUT2D eigenvalue weighted by Gasteiger charge is -2.08. The van der Waals surface area contributed by atoms with Gasteiger partial charge in [0.2, 0.25) is 0 Å².